The van der Waals surface area contributed by atoms with Crippen LogP contribution in [0.5, 0.6) is 0 Å². The zero-order valence-electron chi connectivity index (χ0n) is 11.6. The van der Waals surface area contributed by atoms with Gasteiger partial charge < -0.3 is 15.2 Å². The number of ether oxygens (including phenoxy) is 1. The molecule has 1 aromatic heterocycles. The van der Waals surface area contributed by atoms with Gasteiger partial charge in [-0.2, -0.15) is 0 Å². The highest BCUT2D eigenvalue weighted by atomic mass is 32.1. The molecule has 0 saturated heterocycles. The van der Waals surface area contributed by atoms with Crippen molar-refractivity contribution in [3.05, 3.63) is 16.0 Å². The molecule has 6 heteroatoms. The number of esters is 1. The highest BCUT2D eigenvalue weighted by Crippen LogP contribution is 2.33. The van der Waals surface area contributed by atoms with Gasteiger partial charge in [0.2, 0.25) is 0 Å². The minimum atomic E-state index is -0.866. The SMILES string of the molecule is CCOC(=O)c1c(NCC(C)C(=O)O)sc(C)c1C. The van der Waals surface area contributed by atoms with E-state index >= 15 is 0 Å². The molecule has 5 nitrogen and oxygen atoms in total. The third-order valence-corrected chi connectivity index (χ3v) is 4.02. The second-order valence-corrected chi connectivity index (χ2v) is 5.55. The number of thiophene rings is 1. The number of aliphatic carboxylic acids is 1. The van der Waals surface area contributed by atoms with Crippen molar-refractivity contribution in [2.75, 3.05) is 18.5 Å². The largest absolute Gasteiger partial charge is 0.481 e. The average Bonchev–Trinajstić information content (AvgIpc) is 2.62. The van der Waals surface area contributed by atoms with Crippen molar-refractivity contribution >= 4 is 28.3 Å². The van der Waals surface area contributed by atoms with Gasteiger partial charge in [0.15, 0.2) is 0 Å². The van der Waals surface area contributed by atoms with Crippen LogP contribution in [0, 0.1) is 19.8 Å². The van der Waals surface area contributed by atoms with Crippen molar-refractivity contribution in [2.45, 2.75) is 27.7 Å². The van der Waals surface area contributed by atoms with Gasteiger partial charge in [0, 0.05) is 11.4 Å². The molecule has 0 radical (unpaired) electrons. The lowest BCUT2D eigenvalue weighted by Gasteiger charge is -2.10. The van der Waals surface area contributed by atoms with Crippen molar-refractivity contribution in [3.63, 3.8) is 0 Å². The number of hydrogen-bond donors (Lipinski definition) is 2. The highest BCUT2D eigenvalue weighted by molar-refractivity contribution is 7.16. The third kappa shape index (κ3) is 3.70. The minimum absolute atomic E-state index is 0.279. The van der Waals surface area contributed by atoms with E-state index in [9.17, 15) is 9.59 Å². The van der Waals surface area contributed by atoms with E-state index in [4.69, 9.17) is 9.84 Å². The van der Waals surface area contributed by atoms with Gasteiger partial charge in [-0.1, -0.05) is 6.92 Å². The van der Waals surface area contributed by atoms with Gasteiger partial charge in [-0.15, -0.1) is 11.3 Å². The first-order valence-corrected chi connectivity index (χ1v) is 6.93. The lowest BCUT2D eigenvalue weighted by molar-refractivity contribution is -0.140. The number of anilines is 1. The summed E-state index contributed by atoms with van der Waals surface area (Å²) >= 11 is 1.44. The Morgan fingerprint density at radius 3 is 2.58 bits per heavy atom. The van der Waals surface area contributed by atoms with E-state index in [0.717, 1.165) is 10.4 Å². The summed E-state index contributed by atoms with van der Waals surface area (Å²) in [5.41, 5.74) is 1.40. The molecule has 0 amide bonds. The van der Waals surface area contributed by atoms with Crippen LogP contribution in [0.15, 0.2) is 0 Å². The second-order valence-electron chi connectivity index (χ2n) is 4.33. The fourth-order valence-electron chi connectivity index (χ4n) is 1.53. The number of carboxylic acids is 1. The van der Waals surface area contributed by atoms with Gasteiger partial charge in [-0.25, -0.2) is 4.79 Å². The lowest BCUT2D eigenvalue weighted by atomic mass is 10.1. The molecule has 1 aromatic rings. The predicted molar refractivity (Wildman–Crippen MR) is 75.0 cm³/mol. The number of aryl methyl sites for hydroxylation is 1. The van der Waals surface area contributed by atoms with Gasteiger partial charge in [0.1, 0.15) is 5.00 Å². The summed E-state index contributed by atoms with van der Waals surface area (Å²) in [6, 6.07) is 0. The summed E-state index contributed by atoms with van der Waals surface area (Å²) in [7, 11) is 0. The topological polar surface area (TPSA) is 75.6 Å². The van der Waals surface area contributed by atoms with E-state index in [-0.39, 0.29) is 12.5 Å². The minimum Gasteiger partial charge on any atom is -0.481 e. The van der Waals surface area contributed by atoms with E-state index in [1.165, 1.54) is 11.3 Å². The first-order valence-electron chi connectivity index (χ1n) is 6.12. The molecule has 2 N–H and O–H groups in total. The Morgan fingerprint density at radius 2 is 2.05 bits per heavy atom. The quantitative estimate of drug-likeness (QED) is 0.786. The summed E-state index contributed by atoms with van der Waals surface area (Å²) in [5.74, 6) is -1.75. The number of nitrogens with one attached hydrogen (secondary N) is 1. The molecule has 0 aliphatic rings. The number of carboxylic acid groups (broad SMARTS) is 1. The average molecular weight is 285 g/mol. The van der Waals surface area contributed by atoms with E-state index < -0.39 is 11.9 Å². The smallest absolute Gasteiger partial charge is 0.341 e. The Morgan fingerprint density at radius 1 is 1.42 bits per heavy atom. The normalized spacial score (nSPS) is 12.0. The summed E-state index contributed by atoms with van der Waals surface area (Å²) in [6.45, 7) is 7.76. The molecule has 1 unspecified atom stereocenters. The first-order chi connectivity index (χ1) is 8.88. The van der Waals surface area contributed by atoms with Gasteiger partial charge >= 0.3 is 11.9 Å². The van der Waals surface area contributed by atoms with Gasteiger partial charge in [-0.05, 0) is 26.3 Å². The summed E-state index contributed by atoms with van der Waals surface area (Å²) in [5, 5.41) is 12.6. The van der Waals surface area contributed by atoms with Crippen molar-refractivity contribution in [3.8, 4) is 0 Å². The van der Waals surface area contributed by atoms with Crippen LogP contribution < -0.4 is 5.32 Å². The monoisotopic (exact) mass is 285 g/mol. The summed E-state index contributed by atoms with van der Waals surface area (Å²) in [4.78, 5) is 23.7. The molecule has 1 heterocycles. The second kappa shape index (κ2) is 6.56. The Labute approximate surface area is 116 Å². The zero-order valence-corrected chi connectivity index (χ0v) is 12.4. The van der Waals surface area contributed by atoms with Crippen LogP contribution in [-0.2, 0) is 9.53 Å². The third-order valence-electron chi connectivity index (χ3n) is 2.86. The fourth-order valence-corrected chi connectivity index (χ4v) is 2.59. The van der Waals surface area contributed by atoms with Crippen LogP contribution >= 0.6 is 11.3 Å². The molecule has 0 aliphatic carbocycles. The van der Waals surface area contributed by atoms with E-state index in [2.05, 4.69) is 5.32 Å². The molecule has 106 valence electrons. The van der Waals surface area contributed by atoms with Crippen LogP contribution in [-0.4, -0.2) is 30.2 Å². The number of carbonyl (C=O) groups excluding carboxylic acids is 1. The Kier molecular flexibility index (Phi) is 5.35. The molecule has 0 aliphatic heterocycles. The molecule has 1 atom stereocenters. The Hall–Kier alpha value is -1.56. The first kappa shape index (κ1) is 15.5. The van der Waals surface area contributed by atoms with Crippen LogP contribution in [0.1, 0.15) is 34.6 Å². The number of carbonyl (C=O) groups is 2. The van der Waals surface area contributed by atoms with Gasteiger partial charge in [0.25, 0.3) is 0 Å². The predicted octanol–water partition coefficient (Wildman–Crippen LogP) is 2.67. The standard InChI is InChI=1S/C13H19NO4S/c1-5-18-13(17)10-8(3)9(4)19-11(10)14-6-7(2)12(15)16/h7,14H,5-6H2,1-4H3,(H,15,16). The molecule has 1 rings (SSSR count). The fraction of sp³-hybridized carbons (Fsp3) is 0.538. The van der Waals surface area contributed by atoms with E-state index in [1.54, 1.807) is 13.8 Å². The Balaban J connectivity index is 2.91. The lowest BCUT2D eigenvalue weighted by Crippen LogP contribution is -2.20. The van der Waals surface area contributed by atoms with Gasteiger partial charge in [-0.3, -0.25) is 4.79 Å². The number of hydrogen-bond acceptors (Lipinski definition) is 5. The van der Waals surface area contributed by atoms with Crippen LogP contribution in [0.2, 0.25) is 0 Å². The van der Waals surface area contributed by atoms with Crippen LogP contribution in [0.25, 0.3) is 0 Å². The molecule has 0 aromatic carbocycles. The molecule has 19 heavy (non-hydrogen) atoms. The number of rotatable bonds is 6. The van der Waals surface area contributed by atoms with E-state index in [1.807, 2.05) is 13.8 Å². The molecular formula is C13H19NO4S. The molecule has 0 spiro atoms. The maximum atomic E-state index is 11.9. The van der Waals surface area contributed by atoms with E-state index in [0.29, 0.717) is 17.2 Å². The van der Waals surface area contributed by atoms with Crippen molar-refractivity contribution in [1.82, 2.24) is 0 Å². The maximum absolute atomic E-state index is 11.9. The summed E-state index contributed by atoms with van der Waals surface area (Å²) in [6.07, 6.45) is 0. The van der Waals surface area contributed by atoms with Crippen molar-refractivity contribution in [1.29, 1.82) is 0 Å². The highest BCUT2D eigenvalue weighted by Gasteiger charge is 2.21. The Bertz CT molecular complexity index is 481. The van der Waals surface area contributed by atoms with Crippen LogP contribution in [0.3, 0.4) is 0 Å². The molecule has 0 bridgehead atoms. The summed E-state index contributed by atoms with van der Waals surface area (Å²) < 4.78 is 5.03. The van der Waals surface area contributed by atoms with Gasteiger partial charge in [0.05, 0.1) is 18.1 Å². The molecular weight excluding hydrogens is 266 g/mol. The zero-order chi connectivity index (χ0) is 14.6. The van der Waals surface area contributed by atoms with Crippen molar-refractivity contribution in [2.24, 2.45) is 5.92 Å². The molecule has 0 fully saturated rings. The van der Waals surface area contributed by atoms with Crippen molar-refractivity contribution < 1.29 is 19.4 Å². The van der Waals surface area contributed by atoms with Crippen LogP contribution in [0.4, 0.5) is 5.00 Å². The maximum Gasteiger partial charge on any atom is 0.341 e. The molecule has 0 saturated carbocycles.